The lowest BCUT2D eigenvalue weighted by Crippen LogP contribution is -2.40. The summed E-state index contributed by atoms with van der Waals surface area (Å²) < 4.78 is 24.7. The van der Waals surface area contributed by atoms with Gasteiger partial charge in [0.15, 0.2) is 18.2 Å². The van der Waals surface area contributed by atoms with Gasteiger partial charge in [0, 0.05) is 24.2 Å². The van der Waals surface area contributed by atoms with Gasteiger partial charge in [-0.25, -0.2) is 4.39 Å². The molecule has 1 aliphatic heterocycles. The molecule has 1 heterocycles. The molecule has 0 saturated carbocycles. The Kier molecular flexibility index (Phi) is 5.95. The normalized spacial score (nSPS) is 20.6. The Bertz CT molecular complexity index is 597. The van der Waals surface area contributed by atoms with Crippen molar-refractivity contribution in [3.63, 3.8) is 0 Å². The van der Waals surface area contributed by atoms with E-state index < -0.39 is 23.7 Å². The van der Waals surface area contributed by atoms with Crippen LogP contribution in [0.15, 0.2) is 22.7 Å². The molecule has 2 rings (SSSR count). The van der Waals surface area contributed by atoms with Crippen molar-refractivity contribution in [3.8, 4) is 5.75 Å². The number of benzene rings is 1. The molecule has 126 valence electrons. The first-order chi connectivity index (χ1) is 10.9. The van der Waals surface area contributed by atoms with Gasteiger partial charge in [-0.2, -0.15) is 0 Å². The molecular formula is C15H17BrFNO5. The van der Waals surface area contributed by atoms with E-state index in [4.69, 9.17) is 14.6 Å². The molecular weight excluding hydrogens is 373 g/mol. The molecule has 0 aromatic heterocycles. The van der Waals surface area contributed by atoms with E-state index in [9.17, 15) is 14.0 Å². The summed E-state index contributed by atoms with van der Waals surface area (Å²) in [6.45, 7) is -0.0510. The highest BCUT2D eigenvalue weighted by atomic mass is 79.9. The van der Waals surface area contributed by atoms with Crippen molar-refractivity contribution in [2.24, 2.45) is 0 Å². The summed E-state index contributed by atoms with van der Waals surface area (Å²) >= 11 is 3.14. The predicted molar refractivity (Wildman–Crippen MR) is 82.8 cm³/mol. The zero-order valence-electron chi connectivity index (χ0n) is 12.5. The molecule has 2 atom stereocenters. The summed E-state index contributed by atoms with van der Waals surface area (Å²) in [5.74, 6) is -1.98. The van der Waals surface area contributed by atoms with E-state index in [-0.39, 0.29) is 24.9 Å². The Morgan fingerprint density at radius 2 is 2.22 bits per heavy atom. The maximum atomic E-state index is 13.7. The number of carbonyl (C=O) groups is 2. The van der Waals surface area contributed by atoms with E-state index in [0.717, 1.165) is 0 Å². The Morgan fingerprint density at radius 3 is 2.83 bits per heavy atom. The molecule has 1 aromatic carbocycles. The second-order valence-electron chi connectivity index (χ2n) is 5.25. The number of nitrogens with zero attached hydrogens (tertiary/aromatic N) is 1. The van der Waals surface area contributed by atoms with E-state index >= 15 is 0 Å². The van der Waals surface area contributed by atoms with Crippen LogP contribution in [0.3, 0.4) is 0 Å². The van der Waals surface area contributed by atoms with Crippen molar-refractivity contribution in [2.75, 3.05) is 20.3 Å². The van der Waals surface area contributed by atoms with E-state index in [2.05, 4.69) is 15.9 Å². The van der Waals surface area contributed by atoms with Crippen molar-refractivity contribution in [1.82, 2.24) is 4.90 Å². The third-order valence-electron chi connectivity index (χ3n) is 3.69. The lowest BCUT2D eigenvalue weighted by atomic mass is 10.1. The number of methoxy groups -OCH3 is 1. The summed E-state index contributed by atoms with van der Waals surface area (Å²) in [6.07, 6.45) is 0.104. The van der Waals surface area contributed by atoms with Crippen molar-refractivity contribution in [1.29, 1.82) is 0 Å². The van der Waals surface area contributed by atoms with Crippen LogP contribution in [0.4, 0.5) is 4.39 Å². The van der Waals surface area contributed by atoms with Gasteiger partial charge in [0.2, 0.25) is 0 Å². The maximum absolute atomic E-state index is 13.7. The number of aliphatic carboxylic acids is 1. The summed E-state index contributed by atoms with van der Waals surface area (Å²) in [4.78, 5) is 24.6. The van der Waals surface area contributed by atoms with E-state index in [1.54, 1.807) is 6.07 Å². The Morgan fingerprint density at radius 1 is 1.48 bits per heavy atom. The number of hydrogen-bond acceptors (Lipinski definition) is 4. The molecule has 0 aliphatic carbocycles. The molecule has 1 fully saturated rings. The molecule has 1 N–H and O–H groups in total. The smallest absolute Gasteiger partial charge is 0.305 e. The van der Waals surface area contributed by atoms with Gasteiger partial charge < -0.3 is 19.5 Å². The van der Waals surface area contributed by atoms with E-state index in [1.807, 2.05) is 0 Å². The number of rotatable bonds is 6. The molecule has 2 unspecified atom stereocenters. The monoisotopic (exact) mass is 389 g/mol. The second-order valence-corrected chi connectivity index (χ2v) is 6.17. The quantitative estimate of drug-likeness (QED) is 0.805. The zero-order valence-corrected chi connectivity index (χ0v) is 14.1. The summed E-state index contributed by atoms with van der Waals surface area (Å²) in [7, 11) is 1.52. The van der Waals surface area contributed by atoms with Gasteiger partial charge in [-0.15, -0.1) is 0 Å². The van der Waals surface area contributed by atoms with E-state index in [0.29, 0.717) is 17.4 Å². The average Bonchev–Trinajstić information content (AvgIpc) is 2.88. The number of carboxylic acid groups (broad SMARTS) is 1. The zero-order chi connectivity index (χ0) is 17.0. The fourth-order valence-corrected chi connectivity index (χ4v) is 2.89. The highest BCUT2D eigenvalue weighted by molar-refractivity contribution is 9.10. The minimum Gasteiger partial charge on any atom is -0.481 e. The fraction of sp³-hybridized carbons (Fsp3) is 0.467. The maximum Gasteiger partial charge on any atom is 0.305 e. The van der Waals surface area contributed by atoms with Gasteiger partial charge in [0.25, 0.3) is 5.91 Å². The predicted octanol–water partition coefficient (Wildman–Crippen LogP) is 2.06. The Balaban J connectivity index is 1.99. The molecule has 23 heavy (non-hydrogen) atoms. The van der Waals surface area contributed by atoms with Crippen LogP contribution in [0, 0.1) is 5.82 Å². The molecule has 1 aromatic rings. The molecule has 6 nitrogen and oxygen atoms in total. The molecule has 8 heteroatoms. The van der Waals surface area contributed by atoms with Crippen molar-refractivity contribution in [2.45, 2.75) is 25.0 Å². The van der Waals surface area contributed by atoms with Gasteiger partial charge in [-0.1, -0.05) is 15.9 Å². The van der Waals surface area contributed by atoms with Gasteiger partial charge >= 0.3 is 5.97 Å². The van der Waals surface area contributed by atoms with Gasteiger partial charge in [0.05, 0.1) is 12.5 Å². The number of ether oxygens (including phenoxy) is 2. The van der Waals surface area contributed by atoms with E-state index in [1.165, 1.54) is 24.1 Å². The van der Waals surface area contributed by atoms with Crippen molar-refractivity contribution >= 4 is 27.8 Å². The molecule has 0 spiro atoms. The van der Waals surface area contributed by atoms with Gasteiger partial charge in [0.1, 0.15) is 0 Å². The van der Waals surface area contributed by atoms with Crippen LogP contribution >= 0.6 is 15.9 Å². The molecule has 1 amide bonds. The SMILES string of the molecule is COC1CC(CC(=O)O)N(C(=O)COc2ccc(Br)cc2F)C1. The van der Waals surface area contributed by atoms with Gasteiger partial charge in [-0.3, -0.25) is 9.59 Å². The third-order valence-corrected chi connectivity index (χ3v) is 4.18. The lowest BCUT2D eigenvalue weighted by Gasteiger charge is -2.23. The van der Waals surface area contributed by atoms with Crippen LogP contribution in [-0.2, 0) is 14.3 Å². The van der Waals surface area contributed by atoms with Crippen LogP contribution in [0.25, 0.3) is 0 Å². The summed E-state index contributed by atoms with van der Waals surface area (Å²) in [5.41, 5.74) is 0. The lowest BCUT2D eigenvalue weighted by molar-refractivity contribution is -0.140. The van der Waals surface area contributed by atoms with Crippen LogP contribution in [0.5, 0.6) is 5.75 Å². The number of amides is 1. The molecule has 1 saturated heterocycles. The minimum atomic E-state index is -0.982. The number of hydrogen-bond donors (Lipinski definition) is 1. The number of carboxylic acids is 1. The number of likely N-dealkylation sites (tertiary alicyclic amines) is 1. The van der Waals surface area contributed by atoms with Crippen LogP contribution < -0.4 is 4.74 Å². The fourth-order valence-electron chi connectivity index (χ4n) is 2.56. The van der Waals surface area contributed by atoms with Crippen LogP contribution in [-0.4, -0.2) is 54.3 Å². The topological polar surface area (TPSA) is 76.1 Å². The highest BCUT2D eigenvalue weighted by Gasteiger charge is 2.36. The van der Waals surface area contributed by atoms with Crippen molar-refractivity contribution < 1.29 is 28.6 Å². The summed E-state index contributed by atoms with van der Waals surface area (Å²) in [6, 6.07) is 3.82. The summed E-state index contributed by atoms with van der Waals surface area (Å²) in [5, 5.41) is 8.94. The first kappa shape index (κ1) is 17.7. The largest absolute Gasteiger partial charge is 0.481 e. The first-order valence-electron chi connectivity index (χ1n) is 7.02. The molecule has 0 bridgehead atoms. The van der Waals surface area contributed by atoms with Crippen LogP contribution in [0.1, 0.15) is 12.8 Å². The molecule has 0 radical (unpaired) electrons. The van der Waals surface area contributed by atoms with Crippen molar-refractivity contribution in [3.05, 3.63) is 28.5 Å². The van der Waals surface area contributed by atoms with Gasteiger partial charge in [-0.05, 0) is 24.6 Å². The second kappa shape index (κ2) is 7.74. The highest BCUT2D eigenvalue weighted by Crippen LogP contribution is 2.24. The minimum absolute atomic E-state index is 0.0289. The number of carbonyl (C=O) groups excluding carboxylic acids is 1. The Hall–Kier alpha value is -1.67. The Labute approximate surface area is 141 Å². The standard InChI is InChI=1S/C15H17BrFNO5/c1-22-11-5-10(6-15(20)21)18(7-11)14(19)8-23-13-3-2-9(16)4-12(13)17/h2-4,10-11H,5-8H2,1H3,(H,20,21). The molecule has 1 aliphatic rings. The third kappa shape index (κ3) is 4.65. The average molecular weight is 390 g/mol. The van der Waals surface area contributed by atoms with Crippen LogP contribution in [0.2, 0.25) is 0 Å². The number of halogens is 2. The first-order valence-corrected chi connectivity index (χ1v) is 7.82.